The van der Waals surface area contributed by atoms with Crippen LogP contribution in [0.25, 0.3) is 0 Å². The minimum absolute atomic E-state index is 0.0335. The summed E-state index contributed by atoms with van der Waals surface area (Å²) in [7, 11) is 1.75. The summed E-state index contributed by atoms with van der Waals surface area (Å²) in [6, 6.07) is 0. The molecule has 1 aliphatic heterocycles. The Labute approximate surface area is 81.6 Å². The molecule has 1 heterocycles. The Morgan fingerprint density at radius 2 is 1.85 bits per heavy atom. The van der Waals surface area contributed by atoms with Crippen molar-refractivity contribution in [2.75, 3.05) is 13.7 Å². The molecular weight excluding hydrogens is 164 g/mol. The first-order valence-corrected chi connectivity index (χ1v) is 5.38. The molecule has 0 radical (unpaired) electrons. The van der Waals surface area contributed by atoms with E-state index in [2.05, 4.69) is 20.8 Å². The molecule has 0 bridgehead atoms. The van der Waals surface area contributed by atoms with Crippen LogP contribution in [0.2, 0.25) is 0 Å². The lowest BCUT2D eigenvalue weighted by molar-refractivity contribution is -0.211. The smallest absolute Gasteiger partial charge is 0.160 e. The molecule has 0 aliphatic carbocycles. The minimum Gasteiger partial charge on any atom is -0.356 e. The number of methoxy groups -OCH3 is 1. The number of rotatable bonds is 3. The van der Waals surface area contributed by atoms with Crippen molar-refractivity contribution in [2.45, 2.75) is 39.9 Å². The lowest BCUT2D eigenvalue weighted by atomic mass is 9.77. The maximum Gasteiger partial charge on any atom is 0.160 e. The van der Waals surface area contributed by atoms with Gasteiger partial charge < -0.3 is 9.47 Å². The molecule has 4 atom stereocenters. The zero-order valence-electron chi connectivity index (χ0n) is 9.25. The third-order valence-corrected chi connectivity index (χ3v) is 3.33. The van der Waals surface area contributed by atoms with Crippen molar-refractivity contribution < 1.29 is 9.47 Å². The highest BCUT2D eigenvalue weighted by atomic mass is 16.7. The lowest BCUT2D eigenvalue weighted by Gasteiger charge is -2.40. The monoisotopic (exact) mass is 186 g/mol. The van der Waals surface area contributed by atoms with E-state index in [0.29, 0.717) is 11.8 Å². The van der Waals surface area contributed by atoms with Crippen LogP contribution in [-0.2, 0) is 9.47 Å². The van der Waals surface area contributed by atoms with E-state index in [1.54, 1.807) is 7.11 Å². The molecule has 1 fully saturated rings. The summed E-state index contributed by atoms with van der Waals surface area (Å²) in [6.45, 7) is 7.62. The van der Waals surface area contributed by atoms with E-state index in [0.717, 1.165) is 18.9 Å². The van der Waals surface area contributed by atoms with Gasteiger partial charge in [-0.25, -0.2) is 0 Å². The minimum atomic E-state index is 0.0335. The van der Waals surface area contributed by atoms with Gasteiger partial charge in [0.1, 0.15) is 0 Å². The van der Waals surface area contributed by atoms with Crippen molar-refractivity contribution in [3.8, 4) is 0 Å². The van der Waals surface area contributed by atoms with Crippen LogP contribution >= 0.6 is 0 Å². The highest BCUT2D eigenvalue weighted by Gasteiger charge is 2.36. The van der Waals surface area contributed by atoms with E-state index >= 15 is 0 Å². The first kappa shape index (κ1) is 11.0. The van der Waals surface area contributed by atoms with Gasteiger partial charge >= 0.3 is 0 Å². The summed E-state index contributed by atoms with van der Waals surface area (Å²) < 4.78 is 11.0. The molecule has 13 heavy (non-hydrogen) atoms. The second-order valence-corrected chi connectivity index (χ2v) is 4.06. The molecule has 2 heteroatoms. The van der Waals surface area contributed by atoms with Gasteiger partial charge in [0.2, 0.25) is 0 Å². The van der Waals surface area contributed by atoms with Crippen LogP contribution in [-0.4, -0.2) is 20.0 Å². The van der Waals surface area contributed by atoms with Gasteiger partial charge in [-0.15, -0.1) is 0 Å². The Morgan fingerprint density at radius 1 is 1.23 bits per heavy atom. The summed E-state index contributed by atoms with van der Waals surface area (Å²) in [5, 5.41) is 0. The van der Waals surface area contributed by atoms with E-state index in [1.807, 2.05) is 0 Å². The second kappa shape index (κ2) is 4.97. The van der Waals surface area contributed by atoms with Gasteiger partial charge in [-0.2, -0.15) is 0 Å². The fourth-order valence-electron chi connectivity index (χ4n) is 2.56. The van der Waals surface area contributed by atoms with Crippen molar-refractivity contribution in [1.82, 2.24) is 0 Å². The summed E-state index contributed by atoms with van der Waals surface area (Å²) in [5.74, 6) is 2.03. The van der Waals surface area contributed by atoms with Crippen LogP contribution in [0, 0.1) is 17.8 Å². The van der Waals surface area contributed by atoms with Crippen molar-refractivity contribution in [3.05, 3.63) is 0 Å². The molecule has 0 aromatic rings. The van der Waals surface area contributed by atoms with Crippen LogP contribution in [0.15, 0.2) is 0 Å². The van der Waals surface area contributed by atoms with Gasteiger partial charge in [0.15, 0.2) is 6.29 Å². The lowest BCUT2D eigenvalue weighted by Crippen LogP contribution is -2.41. The number of ether oxygens (including phenoxy) is 2. The first-order chi connectivity index (χ1) is 6.24. The van der Waals surface area contributed by atoms with Crippen LogP contribution in [0.4, 0.5) is 0 Å². The Balaban J connectivity index is 2.64. The third kappa shape index (κ3) is 2.23. The second-order valence-electron chi connectivity index (χ2n) is 4.06. The quantitative estimate of drug-likeness (QED) is 0.674. The Kier molecular flexibility index (Phi) is 4.20. The molecule has 2 nitrogen and oxygen atoms in total. The van der Waals surface area contributed by atoms with Crippen LogP contribution in [0.1, 0.15) is 33.6 Å². The predicted octanol–water partition coefficient (Wildman–Crippen LogP) is 2.68. The van der Waals surface area contributed by atoms with E-state index < -0.39 is 0 Å². The van der Waals surface area contributed by atoms with Crippen LogP contribution < -0.4 is 0 Å². The molecule has 2 unspecified atom stereocenters. The van der Waals surface area contributed by atoms with Gasteiger partial charge in [-0.05, 0) is 18.3 Å². The highest BCUT2D eigenvalue weighted by Crippen LogP contribution is 2.35. The van der Waals surface area contributed by atoms with Gasteiger partial charge in [0.25, 0.3) is 0 Å². The van der Waals surface area contributed by atoms with E-state index in [4.69, 9.17) is 9.47 Å². The maximum atomic E-state index is 5.65. The molecule has 1 aliphatic rings. The molecule has 0 aromatic heterocycles. The number of hydrogen-bond acceptors (Lipinski definition) is 2. The molecule has 0 saturated carbocycles. The molecule has 0 spiro atoms. The normalized spacial score (nSPS) is 40.6. The summed E-state index contributed by atoms with van der Waals surface area (Å²) in [4.78, 5) is 0. The zero-order valence-corrected chi connectivity index (χ0v) is 9.25. The Bertz CT molecular complexity index is 147. The summed E-state index contributed by atoms with van der Waals surface area (Å²) >= 11 is 0. The molecule has 78 valence electrons. The fourth-order valence-corrected chi connectivity index (χ4v) is 2.56. The summed E-state index contributed by atoms with van der Waals surface area (Å²) in [5.41, 5.74) is 0. The molecule has 0 aromatic carbocycles. The number of hydrogen-bond donors (Lipinski definition) is 0. The van der Waals surface area contributed by atoms with E-state index in [1.165, 1.54) is 6.42 Å². The average Bonchev–Trinajstić information content (AvgIpc) is 2.17. The highest BCUT2D eigenvalue weighted by molar-refractivity contribution is 4.79. The molecule has 0 amide bonds. The van der Waals surface area contributed by atoms with Gasteiger partial charge in [-0.1, -0.05) is 27.2 Å². The third-order valence-electron chi connectivity index (χ3n) is 3.33. The molecule has 1 saturated heterocycles. The SMILES string of the molecule is CCC1C(CC)[C@@H](C)CO[C@H]1OC. The zero-order chi connectivity index (χ0) is 9.84. The summed E-state index contributed by atoms with van der Waals surface area (Å²) in [6.07, 6.45) is 2.43. The van der Waals surface area contributed by atoms with Crippen molar-refractivity contribution in [3.63, 3.8) is 0 Å². The van der Waals surface area contributed by atoms with Crippen molar-refractivity contribution in [1.29, 1.82) is 0 Å². The average molecular weight is 186 g/mol. The predicted molar refractivity (Wildman–Crippen MR) is 53.5 cm³/mol. The maximum absolute atomic E-state index is 5.65. The topological polar surface area (TPSA) is 18.5 Å². The fraction of sp³-hybridized carbons (Fsp3) is 1.00. The largest absolute Gasteiger partial charge is 0.356 e. The molecular formula is C11H22O2. The van der Waals surface area contributed by atoms with Gasteiger partial charge in [-0.3, -0.25) is 0 Å². The molecule has 0 N–H and O–H groups in total. The van der Waals surface area contributed by atoms with Crippen LogP contribution in [0.5, 0.6) is 0 Å². The van der Waals surface area contributed by atoms with Gasteiger partial charge in [0.05, 0.1) is 6.61 Å². The van der Waals surface area contributed by atoms with E-state index in [9.17, 15) is 0 Å². The molecule has 1 rings (SSSR count). The van der Waals surface area contributed by atoms with E-state index in [-0.39, 0.29) is 6.29 Å². The van der Waals surface area contributed by atoms with Crippen molar-refractivity contribution >= 4 is 0 Å². The Morgan fingerprint density at radius 3 is 2.31 bits per heavy atom. The van der Waals surface area contributed by atoms with Crippen LogP contribution in [0.3, 0.4) is 0 Å². The Hall–Kier alpha value is -0.0800. The first-order valence-electron chi connectivity index (χ1n) is 5.38. The standard InChI is InChI=1S/C11H22O2/c1-5-9-8(3)7-13-11(12-4)10(9)6-2/h8-11H,5-7H2,1-4H3/t8-,9?,10?,11+/m0/s1. The van der Waals surface area contributed by atoms with Crippen molar-refractivity contribution in [2.24, 2.45) is 17.8 Å². The van der Waals surface area contributed by atoms with Gasteiger partial charge in [0, 0.05) is 13.0 Å².